The lowest BCUT2D eigenvalue weighted by molar-refractivity contribution is -0.0631. The first-order valence-electron chi connectivity index (χ1n) is 8.67. The maximum absolute atomic E-state index is 5.88. The van der Waals surface area contributed by atoms with Crippen molar-refractivity contribution in [1.29, 1.82) is 0 Å². The van der Waals surface area contributed by atoms with Gasteiger partial charge in [0.05, 0.1) is 5.71 Å². The van der Waals surface area contributed by atoms with Crippen LogP contribution in [0.25, 0.3) is 10.8 Å². The number of hydrogen-bond acceptors (Lipinski definition) is 3. The fourth-order valence-corrected chi connectivity index (χ4v) is 3.59. The molecule has 1 fully saturated rings. The van der Waals surface area contributed by atoms with Gasteiger partial charge in [0, 0.05) is 18.5 Å². The monoisotopic (exact) mass is 310 g/mol. The average molecular weight is 310 g/mol. The van der Waals surface area contributed by atoms with Crippen molar-refractivity contribution in [3.05, 3.63) is 48.0 Å². The molecule has 0 amide bonds. The number of likely N-dealkylation sites (N-methyl/N-ethyl adjacent to an activating group) is 1. The highest BCUT2D eigenvalue weighted by Crippen LogP contribution is 2.34. The SMILES string of the molecule is CC.CN1CCCC2(CC(c3ccc4ccccc4c3)=NO2)C1. The minimum Gasteiger partial charge on any atom is -0.387 e. The second-order valence-electron chi connectivity index (χ2n) is 6.39. The summed E-state index contributed by atoms with van der Waals surface area (Å²) in [5, 5.41) is 6.95. The van der Waals surface area contributed by atoms with Crippen molar-refractivity contribution < 1.29 is 4.84 Å². The van der Waals surface area contributed by atoms with Gasteiger partial charge >= 0.3 is 0 Å². The maximum atomic E-state index is 5.88. The lowest BCUT2D eigenvalue weighted by Crippen LogP contribution is -2.46. The molecule has 23 heavy (non-hydrogen) atoms. The largest absolute Gasteiger partial charge is 0.387 e. The van der Waals surface area contributed by atoms with Gasteiger partial charge in [0.2, 0.25) is 0 Å². The highest BCUT2D eigenvalue weighted by molar-refractivity contribution is 6.04. The molecule has 2 aliphatic heterocycles. The molecule has 2 aromatic carbocycles. The van der Waals surface area contributed by atoms with Crippen LogP contribution in [0.3, 0.4) is 0 Å². The highest BCUT2D eigenvalue weighted by atomic mass is 16.7. The van der Waals surface area contributed by atoms with Gasteiger partial charge in [0.15, 0.2) is 5.60 Å². The molecule has 0 radical (unpaired) electrons. The minimum atomic E-state index is -0.0893. The Hall–Kier alpha value is -1.87. The number of benzene rings is 2. The normalized spacial score (nSPS) is 24.0. The molecule has 0 aliphatic carbocycles. The van der Waals surface area contributed by atoms with E-state index in [0.29, 0.717) is 0 Å². The van der Waals surface area contributed by atoms with E-state index in [2.05, 4.69) is 59.6 Å². The predicted molar refractivity (Wildman–Crippen MR) is 97.0 cm³/mol. The van der Waals surface area contributed by atoms with Gasteiger partial charge in [-0.2, -0.15) is 0 Å². The van der Waals surface area contributed by atoms with Crippen LogP contribution in [0.4, 0.5) is 0 Å². The molecule has 3 heteroatoms. The highest BCUT2D eigenvalue weighted by Gasteiger charge is 2.42. The average Bonchev–Trinajstić information content (AvgIpc) is 2.99. The summed E-state index contributed by atoms with van der Waals surface area (Å²) in [6.07, 6.45) is 3.23. The second-order valence-corrected chi connectivity index (χ2v) is 6.39. The molecule has 122 valence electrons. The Morgan fingerprint density at radius 1 is 1.09 bits per heavy atom. The number of likely N-dealkylation sites (tertiary alicyclic amines) is 1. The molecule has 4 rings (SSSR count). The summed E-state index contributed by atoms with van der Waals surface area (Å²) >= 11 is 0. The molecule has 1 unspecified atom stereocenters. The van der Waals surface area contributed by atoms with Crippen molar-refractivity contribution >= 4 is 16.5 Å². The van der Waals surface area contributed by atoms with E-state index >= 15 is 0 Å². The standard InChI is InChI=1S/C18H20N2O.C2H6/c1-20-10-4-9-18(13-20)12-17(19-21-18)16-8-7-14-5-2-3-6-15(14)11-16;1-2/h2-3,5-8,11H,4,9-10,12-13H2,1H3;1-2H3. The van der Waals surface area contributed by atoms with Crippen molar-refractivity contribution in [1.82, 2.24) is 4.90 Å². The van der Waals surface area contributed by atoms with Crippen LogP contribution in [-0.4, -0.2) is 36.3 Å². The smallest absolute Gasteiger partial charge is 0.156 e. The number of rotatable bonds is 1. The first kappa shape index (κ1) is 16.0. The van der Waals surface area contributed by atoms with E-state index in [1.807, 2.05) is 13.8 Å². The zero-order valence-corrected chi connectivity index (χ0v) is 14.4. The van der Waals surface area contributed by atoms with Gasteiger partial charge in [-0.15, -0.1) is 0 Å². The summed E-state index contributed by atoms with van der Waals surface area (Å²) in [7, 11) is 2.16. The van der Waals surface area contributed by atoms with Gasteiger partial charge in [0.25, 0.3) is 0 Å². The van der Waals surface area contributed by atoms with Crippen molar-refractivity contribution in [2.45, 2.75) is 38.7 Å². The predicted octanol–water partition coefficient (Wildman–Crippen LogP) is 4.45. The van der Waals surface area contributed by atoms with Crippen molar-refractivity contribution in [3.8, 4) is 0 Å². The van der Waals surface area contributed by atoms with Gasteiger partial charge in [-0.3, -0.25) is 0 Å². The van der Waals surface area contributed by atoms with Crippen LogP contribution in [0.2, 0.25) is 0 Å². The quantitative estimate of drug-likeness (QED) is 0.777. The van der Waals surface area contributed by atoms with Crippen LogP contribution >= 0.6 is 0 Å². The topological polar surface area (TPSA) is 24.8 Å². The number of hydrogen-bond donors (Lipinski definition) is 0. The minimum absolute atomic E-state index is 0.0893. The van der Waals surface area contributed by atoms with Crippen molar-refractivity contribution in [2.24, 2.45) is 5.16 Å². The first-order valence-corrected chi connectivity index (χ1v) is 8.67. The lowest BCUT2D eigenvalue weighted by Gasteiger charge is -2.36. The summed E-state index contributed by atoms with van der Waals surface area (Å²) in [6.45, 7) is 6.14. The Balaban J connectivity index is 0.000000753. The Morgan fingerprint density at radius 3 is 2.65 bits per heavy atom. The van der Waals surface area contributed by atoms with Gasteiger partial charge in [-0.1, -0.05) is 55.4 Å². The zero-order chi connectivity index (χ0) is 16.3. The molecule has 0 aromatic heterocycles. The van der Waals surface area contributed by atoms with E-state index in [1.54, 1.807) is 0 Å². The van der Waals surface area contributed by atoms with E-state index in [0.717, 1.165) is 31.6 Å². The second kappa shape index (κ2) is 6.71. The third kappa shape index (κ3) is 3.25. The Morgan fingerprint density at radius 2 is 1.87 bits per heavy atom. The fourth-order valence-electron chi connectivity index (χ4n) is 3.59. The molecule has 1 spiro atoms. The summed E-state index contributed by atoms with van der Waals surface area (Å²) in [6, 6.07) is 15.0. The van der Waals surface area contributed by atoms with Crippen LogP contribution in [0.1, 0.15) is 38.7 Å². The summed E-state index contributed by atoms with van der Waals surface area (Å²) in [5.41, 5.74) is 2.20. The summed E-state index contributed by atoms with van der Waals surface area (Å²) < 4.78 is 0. The molecular formula is C20H26N2O. The van der Waals surface area contributed by atoms with Crippen LogP contribution < -0.4 is 0 Å². The molecule has 0 bridgehead atoms. The first-order chi connectivity index (χ1) is 11.2. The lowest BCUT2D eigenvalue weighted by atomic mass is 9.86. The van der Waals surface area contributed by atoms with Crippen molar-refractivity contribution in [3.63, 3.8) is 0 Å². The Kier molecular flexibility index (Phi) is 4.67. The molecule has 1 saturated heterocycles. The molecular weight excluding hydrogens is 284 g/mol. The molecule has 2 heterocycles. The molecule has 0 saturated carbocycles. The third-order valence-corrected chi connectivity index (χ3v) is 4.65. The number of oxime groups is 1. The molecule has 0 N–H and O–H groups in total. The number of nitrogens with zero attached hydrogens (tertiary/aromatic N) is 2. The van der Waals surface area contributed by atoms with E-state index in [-0.39, 0.29) is 5.60 Å². The molecule has 2 aliphatic rings. The Labute approximate surface area is 138 Å². The van der Waals surface area contributed by atoms with Crippen molar-refractivity contribution in [2.75, 3.05) is 20.1 Å². The zero-order valence-electron chi connectivity index (χ0n) is 14.4. The fraction of sp³-hybridized carbons (Fsp3) is 0.450. The van der Waals surface area contributed by atoms with E-state index in [1.165, 1.54) is 22.8 Å². The van der Waals surface area contributed by atoms with E-state index in [4.69, 9.17) is 4.84 Å². The summed E-state index contributed by atoms with van der Waals surface area (Å²) in [4.78, 5) is 8.23. The van der Waals surface area contributed by atoms with Gasteiger partial charge in [0.1, 0.15) is 0 Å². The van der Waals surface area contributed by atoms with Gasteiger partial charge in [-0.25, -0.2) is 0 Å². The summed E-state index contributed by atoms with van der Waals surface area (Å²) in [5.74, 6) is 0. The maximum Gasteiger partial charge on any atom is 0.156 e. The van der Waals surface area contributed by atoms with E-state index in [9.17, 15) is 0 Å². The van der Waals surface area contributed by atoms with Crippen LogP contribution in [0, 0.1) is 0 Å². The van der Waals surface area contributed by atoms with Gasteiger partial charge in [-0.05, 0) is 43.3 Å². The van der Waals surface area contributed by atoms with E-state index < -0.39 is 0 Å². The molecule has 2 aromatic rings. The third-order valence-electron chi connectivity index (χ3n) is 4.65. The van der Waals surface area contributed by atoms with Crippen LogP contribution in [-0.2, 0) is 4.84 Å². The molecule has 3 nitrogen and oxygen atoms in total. The van der Waals surface area contributed by atoms with Gasteiger partial charge < -0.3 is 9.74 Å². The van der Waals surface area contributed by atoms with Crippen LogP contribution in [0.15, 0.2) is 47.6 Å². The number of fused-ring (bicyclic) bond motifs is 1. The van der Waals surface area contributed by atoms with Crippen LogP contribution in [0.5, 0.6) is 0 Å². The number of piperidine rings is 1. The Bertz CT molecular complexity index is 710. The molecule has 1 atom stereocenters.